The second kappa shape index (κ2) is 9.09. The van der Waals surface area contributed by atoms with Crippen molar-refractivity contribution in [1.82, 2.24) is 9.21 Å². The van der Waals surface area contributed by atoms with Gasteiger partial charge in [-0.3, -0.25) is 19.7 Å². The number of amides is 1. The van der Waals surface area contributed by atoms with Gasteiger partial charge >= 0.3 is 5.97 Å². The van der Waals surface area contributed by atoms with Crippen molar-refractivity contribution in [3.8, 4) is 0 Å². The van der Waals surface area contributed by atoms with Crippen molar-refractivity contribution in [2.45, 2.75) is 30.6 Å². The number of nitro groups is 1. The number of hydrogen-bond acceptors (Lipinski definition) is 7. The van der Waals surface area contributed by atoms with E-state index in [-0.39, 0.29) is 47.4 Å². The lowest BCUT2D eigenvalue weighted by Crippen LogP contribution is -2.48. The third-order valence-electron chi connectivity index (χ3n) is 5.76. The van der Waals surface area contributed by atoms with Gasteiger partial charge in [0, 0.05) is 44.2 Å². The number of esters is 1. The number of hydrogen-bond donors (Lipinski definition) is 0. The van der Waals surface area contributed by atoms with Gasteiger partial charge in [0.25, 0.3) is 5.69 Å². The molecule has 11 heteroatoms. The van der Waals surface area contributed by atoms with Crippen LogP contribution < -0.4 is 0 Å². The highest BCUT2D eigenvalue weighted by molar-refractivity contribution is 7.89. The van der Waals surface area contributed by atoms with E-state index >= 15 is 0 Å². The molecule has 0 aliphatic carbocycles. The van der Waals surface area contributed by atoms with Gasteiger partial charge in [0.15, 0.2) is 0 Å². The molecule has 2 fully saturated rings. The average Bonchev–Trinajstić information content (AvgIpc) is 2.78. The molecular weight excluding hydrogens is 414 g/mol. The normalized spacial score (nSPS) is 21.2. The number of carbonyl (C=O) groups excluding carboxylic acids is 2. The highest BCUT2D eigenvalue weighted by atomic mass is 32.2. The monoisotopic (exact) mass is 439 g/mol. The van der Waals surface area contributed by atoms with Crippen LogP contribution in [0.15, 0.2) is 29.2 Å². The van der Waals surface area contributed by atoms with Crippen molar-refractivity contribution in [2.24, 2.45) is 11.8 Å². The van der Waals surface area contributed by atoms with Crippen LogP contribution in [0.4, 0.5) is 5.69 Å². The molecule has 30 heavy (non-hydrogen) atoms. The minimum atomic E-state index is -3.78. The van der Waals surface area contributed by atoms with Crippen molar-refractivity contribution < 1.29 is 27.7 Å². The summed E-state index contributed by atoms with van der Waals surface area (Å²) >= 11 is 0. The largest absolute Gasteiger partial charge is 0.469 e. The van der Waals surface area contributed by atoms with Crippen LogP contribution in [0, 0.1) is 22.0 Å². The van der Waals surface area contributed by atoms with E-state index in [0.29, 0.717) is 32.4 Å². The maximum atomic E-state index is 12.9. The van der Waals surface area contributed by atoms with E-state index in [1.165, 1.54) is 23.5 Å². The van der Waals surface area contributed by atoms with Crippen LogP contribution in [0.2, 0.25) is 0 Å². The van der Waals surface area contributed by atoms with Gasteiger partial charge in [0.2, 0.25) is 15.9 Å². The molecule has 1 aromatic rings. The van der Waals surface area contributed by atoms with E-state index in [4.69, 9.17) is 4.74 Å². The number of likely N-dealkylation sites (tertiary alicyclic amines) is 1. The van der Waals surface area contributed by atoms with Gasteiger partial charge in [0.1, 0.15) is 0 Å². The molecular formula is C19H25N3O7S. The molecule has 0 radical (unpaired) electrons. The molecule has 1 atom stereocenters. The first-order valence-electron chi connectivity index (χ1n) is 9.85. The van der Waals surface area contributed by atoms with Crippen LogP contribution in [0.3, 0.4) is 0 Å². The molecule has 2 saturated heterocycles. The Bertz CT molecular complexity index is 909. The molecule has 1 aromatic carbocycles. The lowest BCUT2D eigenvalue weighted by molar-refractivity contribution is -0.384. The SMILES string of the molecule is COC(=O)C1CCCN(C(=O)C2CCN(S(=O)(=O)c3ccc([N+](=O)[O-])cc3)CC2)C1. The van der Waals surface area contributed by atoms with Crippen molar-refractivity contribution in [3.63, 3.8) is 0 Å². The molecule has 2 heterocycles. The Kier molecular flexibility index (Phi) is 6.71. The number of ether oxygens (including phenoxy) is 1. The maximum absolute atomic E-state index is 12.9. The lowest BCUT2D eigenvalue weighted by atomic mass is 9.93. The number of nitrogens with zero attached hydrogens (tertiary/aromatic N) is 3. The minimum Gasteiger partial charge on any atom is -0.469 e. The maximum Gasteiger partial charge on any atom is 0.310 e. The summed E-state index contributed by atoms with van der Waals surface area (Å²) in [6, 6.07) is 4.78. The molecule has 0 N–H and O–H groups in total. The van der Waals surface area contributed by atoms with Gasteiger partial charge in [-0.25, -0.2) is 8.42 Å². The molecule has 1 unspecified atom stereocenters. The number of benzene rings is 1. The van der Waals surface area contributed by atoms with Crippen molar-refractivity contribution in [1.29, 1.82) is 0 Å². The predicted octanol–water partition coefficient (Wildman–Crippen LogP) is 1.41. The summed E-state index contributed by atoms with van der Waals surface area (Å²) in [7, 11) is -2.44. The van der Waals surface area contributed by atoms with Gasteiger partial charge < -0.3 is 9.64 Å². The molecule has 2 aliphatic rings. The molecule has 164 valence electrons. The Morgan fingerprint density at radius 2 is 1.70 bits per heavy atom. The van der Waals surface area contributed by atoms with E-state index in [0.717, 1.165) is 18.6 Å². The van der Waals surface area contributed by atoms with Gasteiger partial charge in [-0.2, -0.15) is 4.31 Å². The van der Waals surface area contributed by atoms with Gasteiger partial charge in [-0.15, -0.1) is 0 Å². The van der Waals surface area contributed by atoms with Crippen LogP contribution in [0.5, 0.6) is 0 Å². The number of sulfonamides is 1. The molecule has 1 amide bonds. The van der Waals surface area contributed by atoms with Crippen molar-refractivity contribution in [3.05, 3.63) is 34.4 Å². The van der Waals surface area contributed by atoms with E-state index in [2.05, 4.69) is 0 Å². The fraction of sp³-hybridized carbons (Fsp3) is 0.579. The zero-order valence-electron chi connectivity index (χ0n) is 16.7. The third-order valence-corrected chi connectivity index (χ3v) is 7.67. The van der Waals surface area contributed by atoms with Crippen LogP contribution in [0.1, 0.15) is 25.7 Å². The number of non-ortho nitro benzene ring substituents is 1. The summed E-state index contributed by atoms with van der Waals surface area (Å²) in [6.45, 7) is 1.33. The summed E-state index contributed by atoms with van der Waals surface area (Å²) in [5.41, 5.74) is -0.176. The van der Waals surface area contributed by atoms with Gasteiger partial charge in [0.05, 0.1) is 22.8 Å². The van der Waals surface area contributed by atoms with Crippen LogP contribution in [0.25, 0.3) is 0 Å². The second-order valence-corrected chi connectivity index (χ2v) is 9.51. The molecule has 0 spiro atoms. The minimum absolute atomic E-state index is 0.00479. The molecule has 10 nitrogen and oxygen atoms in total. The first-order chi connectivity index (χ1) is 14.2. The average molecular weight is 439 g/mol. The second-order valence-electron chi connectivity index (χ2n) is 7.58. The summed E-state index contributed by atoms with van der Waals surface area (Å²) in [5.74, 6) is -0.951. The Morgan fingerprint density at radius 3 is 2.27 bits per heavy atom. The fourth-order valence-electron chi connectivity index (χ4n) is 4.03. The first-order valence-corrected chi connectivity index (χ1v) is 11.3. The standard InChI is InChI=1S/C19H25N3O7S/c1-29-19(24)15-3-2-10-20(13-15)18(23)14-8-11-21(12-9-14)30(27,28)17-6-4-16(5-7-17)22(25)26/h4-7,14-15H,2-3,8-13H2,1H3. The van der Waals surface area contributed by atoms with Crippen LogP contribution in [-0.4, -0.2) is 67.7 Å². The summed E-state index contributed by atoms with van der Waals surface area (Å²) < 4.78 is 31.7. The zero-order valence-corrected chi connectivity index (χ0v) is 17.5. The summed E-state index contributed by atoms with van der Waals surface area (Å²) in [6.07, 6.45) is 2.22. The van der Waals surface area contributed by atoms with Gasteiger partial charge in [-0.1, -0.05) is 0 Å². The van der Waals surface area contributed by atoms with Crippen LogP contribution >= 0.6 is 0 Å². The number of piperidine rings is 2. The van der Waals surface area contributed by atoms with E-state index < -0.39 is 14.9 Å². The smallest absolute Gasteiger partial charge is 0.310 e. The zero-order chi connectivity index (χ0) is 21.9. The van der Waals surface area contributed by atoms with E-state index in [1.807, 2.05) is 0 Å². The summed E-state index contributed by atoms with van der Waals surface area (Å²) in [4.78, 5) is 36.5. The molecule has 0 saturated carbocycles. The first kappa shape index (κ1) is 22.2. The highest BCUT2D eigenvalue weighted by Gasteiger charge is 2.36. The third kappa shape index (κ3) is 4.62. The van der Waals surface area contributed by atoms with Gasteiger partial charge in [-0.05, 0) is 37.8 Å². The Morgan fingerprint density at radius 1 is 1.07 bits per heavy atom. The van der Waals surface area contributed by atoms with Crippen molar-refractivity contribution in [2.75, 3.05) is 33.3 Å². The van der Waals surface area contributed by atoms with Crippen molar-refractivity contribution >= 4 is 27.6 Å². The molecule has 3 rings (SSSR count). The topological polar surface area (TPSA) is 127 Å². The van der Waals surface area contributed by atoms with E-state index in [9.17, 15) is 28.1 Å². The van der Waals surface area contributed by atoms with Crippen LogP contribution in [-0.2, 0) is 24.3 Å². The number of nitro benzene ring substituents is 1. The van der Waals surface area contributed by atoms with E-state index in [1.54, 1.807) is 4.90 Å². The predicted molar refractivity (Wildman–Crippen MR) is 106 cm³/mol. The Hall–Kier alpha value is -2.53. The number of rotatable bonds is 5. The number of methoxy groups -OCH3 is 1. The highest BCUT2D eigenvalue weighted by Crippen LogP contribution is 2.28. The lowest BCUT2D eigenvalue weighted by Gasteiger charge is -2.36. The summed E-state index contributed by atoms with van der Waals surface area (Å²) in [5, 5.41) is 10.8. The molecule has 0 bridgehead atoms. The molecule has 2 aliphatic heterocycles. The Balaban J connectivity index is 1.60. The quantitative estimate of drug-likeness (QED) is 0.385. The Labute approximate surface area is 175 Å². The number of carbonyl (C=O) groups is 2. The molecule has 0 aromatic heterocycles. The fourth-order valence-corrected chi connectivity index (χ4v) is 5.50.